The highest BCUT2D eigenvalue weighted by Crippen LogP contribution is 2.19. The fourth-order valence-corrected chi connectivity index (χ4v) is 1.60. The standard InChI is InChI=1S/C8H12N2OS/c1-5-3-12-4-7(5)10-6(2)8(9)11/h3-4,6,10H,1-2H3,(H2,9,11). The molecule has 0 aliphatic heterocycles. The molecule has 0 fully saturated rings. The van der Waals surface area contributed by atoms with Crippen molar-refractivity contribution in [3.8, 4) is 0 Å². The summed E-state index contributed by atoms with van der Waals surface area (Å²) in [6.07, 6.45) is 0. The molecule has 1 heterocycles. The van der Waals surface area contributed by atoms with Crippen LogP contribution in [0.5, 0.6) is 0 Å². The number of carbonyl (C=O) groups excluding carboxylic acids is 1. The van der Waals surface area contributed by atoms with Crippen molar-refractivity contribution < 1.29 is 4.79 Å². The fraction of sp³-hybridized carbons (Fsp3) is 0.375. The van der Waals surface area contributed by atoms with E-state index < -0.39 is 0 Å². The van der Waals surface area contributed by atoms with Gasteiger partial charge in [-0.1, -0.05) is 0 Å². The summed E-state index contributed by atoms with van der Waals surface area (Å²) in [5, 5.41) is 7.02. The Bertz CT molecular complexity index is 282. The molecule has 3 N–H and O–H groups in total. The quantitative estimate of drug-likeness (QED) is 0.744. The van der Waals surface area contributed by atoms with Gasteiger partial charge in [-0.2, -0.15) is 0 Å². The van der Waals surface area contributed by atoms with E-state index in [2.05, 4.69) is 5.32 Å². The van der Waals surface area contributed by atoms with Crippen LogP contribution in [0.4, 0.5) is 5.69 Å². The normalized spacial score (nSPS) is 12.5. The summed E-state index contributed by atoms with van der Waals surface area (Å²) in [5.41, 5.74) is 7.24. The van der Waals surface area contributed by atoms with E-state index in [9.17, 15) is 4.79 Å². The third-order valence-electron chi connectivity index (χ3n) is 1.65. The van der Waals surface area contributed by atoms with Gasteiger partial charge in [0.1, 0.15) is 6.04 Å². The molecule has 4 heteroatoms. The molecule has 0 radical (unpaired) electrons. The molecule has 66 valence electrons. The molecular weight excluding hydrogens is 172 g/mol. The summed E-state index contributed by atoms with van der Waals surface area (Å²) in [4.78, 5) is 10.7. The molecule has 0 aromatic carbocycles. The first kappa shape index (κ1) is 9.06. The summed E-state index contributed by atoms with van der Waals surface area (Å²) in [5.74, 6) is -0.333. The molecule has 0 aliphatic rings. The molecule has 12 heavy (non-hydrogen) atoms. The molecule has 1 atom stereocenters. The molecule has 0 spiro atoms. The van der Waals surface area contributed by atoms with Gasteiger partial charge in [0.2, 0.25) is 5.91 Å². The average molecular weight is 184 g/mol. The van der Waals surface area contributed by atoms with Crippen LogP contribution in [0.1, 0.15) is 12.5 Å². The summed E-state index contributed by atoms with van der Waals surface area (Å²) >= 11 is 1.61. The second kappa shape index (κ2) is 3.58. The Labute approximate surface area is 75.6 Å². The molecule has 1 unspecified atom stereocenters. The van der Waals surface area contributed by atoms with Crippen LogP contribution in [-0.4, -0.2) is 11.9 Å². The first-order valence-corrected chi connectivity index (χ1v) is 4.64. The first-order valence-electron chi connectivity index (χ1n) is 3.70. The number of nitrogens with one attached hydrogen (secondary N) is 1. The molecule has 1 rings (SSSR count). The van der Waals surface area contributed by atoms with Crippen LogP contribution in [0.3, 0.4) is 0 Å². The van der Waals surface area contributed by atoms with Gasteiger partial charge in [-0.15, -0.1) is 11.3 Å². The minimum absolute atomic E-state index is 0.307. The Hall–Kier alpha value is -1.03. The summed E-state index contributed by atoms with van der Waals surface area (Å²) in [6, 6.07) is -0.307. The monoisotopic (exact) mass is 184 g/mol. The Morgan fingerprint density at radius 3 is 2.75 bits per heavy atom. The number of thiophene rings is 1. The van der Waals surface area contributed by atoms with Crippen LogP contribution in [0.25, 0.3) is 0 Å². The van der Waals surface area contributed by atoms with Crippen LogP contribution >= 0.6 is 11.3 Å². The maximum Gasteiger partial charge on any atom is 0.239 e. The molecular formula is C8H12N2OS. The number of rotatable bonds is 3. The lowest BCUT2D eigenvalue weighted by atomic mass is 10.2. The number of primary amides is 1. The van der Waals surface area contributed by atoms with Gasteiger partial charge in [0.05, 0.1) is 0 Å². The largest absolute Gasteiger partial charge is 0.373 e. The number of aryl methyl sites for hydroxylation is 1. The van der Waals surface area contributed by atoms with Gasteiger partial charge in [-0.25, -0.2) is 0 Å². The topological polar surface area (TPSA) is 55.1 Å². The zero-order chi connectivity index (χ0) is 9.14. The van der Waals surface area contributed by atoms with Gasteiger partial charge in [-0.3, -0.25) is 4.79 Å². The number of hydrogen-bond acceptors (Lipinski definition) is 3. The second-order valence-electron chi connectivity index (χ2n) is 2.74. The maximum absolute atomic E-state index is 10.7. The number of anilines is 1. The van der Waals surface area contributed by atoms with Crippen molar-refractivity contribution in [1.82, 2.24) is 0 Å². The van der Waals surface area contributed by atoms with Crippen molar-refractivity contribution >= 4 is 22.9 Å². The van der Waals surface area contributed by atoms with E-state index in [0.717, 1.165) is 11.3 Å². The summed E-state index contributed by atoms with van der Waals surface area (Å²) < 4.78 is 0. The first-order chi connectivity index (χ1) is 5.61. The Morgan fingerprint density at radius 2 is 2.33 bits per heavy atom. The van der Waals surface area contributed by atoms with E-state index in [1.165, 1.54) is 0 Å². The van der Waals surface area contributed by atoms with Crippen LogP contribution in [0, 0.1) is 6.92 Å². The lowest BCUT2D eigenvalue weighted by Crippen LogP contribution is -2.32. The van der Waals surface area contributed by atoms with E-state index in [1.807, 2.05) is 17.7 Å². The van der Waals surface area contributed by atoms with Crippen LogP contribution in [-0.2, 0) is 4.79 Å². The Kier molecular flexibility index (Phi) is 2.70. The molecule has 1 aromatic rings. The highest BCUT2D eigenvalue weighted by Gasteiger charge is 2.09. The van der Waals surface area contributed by atoms with Crippen molar-refractivity contribution in [2.75, 3.05) is 5.32 Å². The minimum atomic E-state index is -0.333. The molecule has 0 bridgehead atoms. The van der Waals surface area contributed by atoms with Crippen molar-refractivity contribution in [1.29, 1.82) is 0 Å². The third kappa shape index (κ3) is 1.98. The Balaban J connectivity index is 2.64. The van der Waals surface area contributed by atoms with Crippen LogP contribution in [0.15, 0.2) is 10.8 Å². The predicted octanol–water partition coefficient (Wildman–Crippen LogP) is 1.34. The average Bonchev–Trinajstić information content (AvgIpc) is 2.36. The van der Waals surface area contributed by atoms with Crippen LogP contribution in [0.2, 0.25) is 0 Å². The number of amides is 1. The third-order valence-corrected chi connectivity index (χ3v) is 2.52. The van der Waals surface area contributed by atoms with E-state index in [4.69, 9.17) is 5.73 Å². The molecule has 0 aliphatic carbocycles. The van der Waals surface area contributed by atoms with Gasteiger partial charge in [0.25, 0.3) is 0 Å². The van der Waals surface area contributed by atoms with Crippen LogP contribution < -0.4 is 11.1 Å². The fourth-order valence-electron chi connectivity index (χ4n) is 0.813. The van der Waals surface area contributed by atoms with E-state index >= 15 is 0 Å². The van der Waals surface area contributed by atoms with Gasteiger partial charge in [0, 0.05) is 11.1 Å². The van der Waals surface area contributed by atoms with Gasteiger partial charge in [-0.05, 0) is 24.8 Å². The smallest absolute Gasteiger partial charge is 0.239 e. The molecule has 1 amide bonds. The maximum atomic E-state index is 10.7. The number of carbonyl (C=O) groups is 1. The molecule has 0 saturated heterocycles. The Morgan fingerprint density at radius 1 is 1.67 bits per heavy atom. The molecule has 0 saturated carbocycles. The van der Waals surface area contributed by atoms with Gasteiger partial charge >= 0.3 is 0 Å². The number of nitrogens with two attached hydrogens (primary N) is 1. The highest BCUT2D eigenvalue weighted by molar-refractivity contribution is 7.08. The number of hydrogen-bond donors (Lipinski definition) is 2. The lowest BCUT2D eigenvalue weighted by molar-refractivity contribution is -0.118. The van der Waals surface area contributed by atoms with Crippen molar-refractivity contribution in [2.45, 2.75) is 19.9 Å². The minimum Gasteiger partial charge on any atom is -0.373 e. The lowest BCUT2D eigenvalue weighted by Gasteiger charge is -2.10. The SMILES string of the molecule is Cc1cscc1NC(C)C(N)=O. The summed E-state index contributed by atoms with van der Waals surface area (Å²) in [6.45, 7) is 3.74. The highest BCUT2D eigenvalue weighted by atomic mass is 32.1. The van der Waals surface area contributed by atoms with Gasteiger partial charge in [0.15, 0.2) is 0 Å². The summed E-state index contributed by atoms with van der Waals surface area (Å²) in [7, 11) is 0. The zero-order valence-corrected chi connectivity index (χ0v) is 7.94. The van der Waals surface area contributed by atoms with Crippen molar-refractivity contribution in [3.05, 3.63) is 16.3 Å². The van der Waals surface area contributed by atoms with Crippen molar-refractivity contribution in [2.24, 2.45) is 5.73 Å². The van der Waals surface area contributed by atoms with E-state index in [0.29, 0.717) is 0 Å². The zero-order valence-electron chi connectivity index (χ0n) is 7.13. The van der Waals surface area contributed by atoms with Gasteiger partial charge < -0.3 is 11.1 Å². The van der Waals surface area contributed by atoms with E-state index in [1.54, 1.807) is 18.3 Å². The second-order valence-corrected chi connectivity index (χ2v) is 3.48. The predicted molar refractivity (Wildman–Crippen MR) is 51.3 cm³/mol. The molecule has 3 nitrogen and oxygen atoms in total. The van der Waals surface area contributed by atoms with E-state index in [-0.39, 0.29) is 11.9 Å². The van der Waals surface area contributed by atoms with Crippen molar-refractivity contribution in [3.63, 3.8) is 0 Å². The molecule has 1 aromatic heterocycles.